The molecule has 1 unspecified atom stereocenters. The summed E-state index contributed by atoms with van der Waals surface area (Å²) < 4.78 is 5.18. The maximum absolute atomic E-state index is 12.3. The summed E-state index contributed by atoms with van der Waals surface area (Å²) in [5, 5.41) is 2.04. The van der Waals surface area contributed by atoms with Crippen LogP contribution in [-0.4, -0.2) is 23.9 Å². The molecule has 0 aliphatic carbocycles. The molecule has 1 aliphatic rings. The van der Waals surface area contributed by atoms with Gasteiger partial charge in [0.05, 0.1) is 12.0 Å². The molecule has 2 amide bonds. The number of nitrogens with one attached hydrogen (secondary N) is 2. The molecule has 1 aliphatic heterocycles. The van der Waals surface area contributed by atoms with E-state index in [0.717, 1.165) is 21.9 Å². The highest BCUT2D eigenvalue weighted by Crippen LogP contribution is 2.21. The third-order valence-corrected chi connectivity index (χ3v) is 4.74. The zero-order valence-electron chi connectivity index (χ0n) is 15.0. The molecule has 0 aromatic heterocycles. The van der Waals surface area contributed by atoms with Crippen LogP contribution in [0.5, 0.6) is 0 Å². The predicted molar refractivity (Wildman–Crippen MR) is 103 cm³/mol. The van der Waals surface area contributed by atoms with Crippen molar-refractivity contribution in [2.24, 2.45) is 0 Å². The second-order valence-corrected chi connectivity index (χ2v) is 6.61. The third kappa shape index (κ3) is 3.57. The molecule has 3 aromatic carbocycles. The van der Waals surface area contributed by atoms with Gasteiger partial charge in [-0.15, -0.1) is 0 Å². The molecule has 4 rings (SSSR count). The lowest BCUT2D eigenvalue weighted by Crippen LogP contribution is -2.49. The fourth-order valence-corrected chi connectivity index (χ4v) is 3.35. The van der Waals surface area contributed by atoms with Crippen molar-refractivity contribution in [3.05, 3.63) is 83.4 Å². The van der Waals surface area contributed by atoms with E-state index in [2.05, 4.69) is 10.9 Å². The summed E-state index contributed by atoms with van der Waals surface area (Å²) in [6, 6.07) is 20.5. The number of hydrazine groups is 1. The zero-order valence-corrected chi connectivity index (χ0v) is 15.0. The Bertz CT molecular complexity index is 1070. The van der Waals surface area contributed by atoms with E-state index in [1.54, 1.807) is 24.3 Å². The lowest BCUT2D eigenvalue weighted by atomic mass is 9.98. The quantitative estimate of drug-likeness (QED) is 0.544. The Morgan fingerprint density at radius 2 is 1.68 bits per heavy atom. The fraction of sp³-hybridized carbons (Fsp3) is 0.136. The molecule has 1 atom stereocenters. The number of fused-ring (bicyclic) bond motifs is 2. The second kappa shape index (κ2) is 7.52. The minimum Gasteiger partial charge on any atom is -0.448 e. The van der Waals surface area contributed by atoms with E-state index < -0.39 is 18.0 Å². The van der Waals surface area contributed by atoms with Gasteiger partial charge in [0.2, 0.25) is 5.91 Å². The van der Waals surface area contributed by atoms with Gasteiger partial charge in [0.15, 0.2) is 6.10 Å². The van der Waals surface area contributed by atoms with Crippen LogP contribution in [0.2, 0.25) is 0 Å². The molecule has 0 bridgehead atoms. The average molecular weight is 374 g/mol. The molecular formula is C22H18N2O4. The van der Waals surface area contributed by atoms with Gasteiger partial charge in [-0.05, 0) is 28.0 Å². The summed E-state index contributed by atoms with van der Waals surface area (Å²) in [5.41, 5.74) is 6.84. The highest BCUT2D eigenvalue weighted by atomic mass is 16.5. The summed E-state index contributed by atoms with van der Waals surface area (Å²) in [6.07, 6.45) is -0.581. The summed E-state index contributed by atoms with van der Waals surface area (Å²) in [4.78, 5) is 36.6. The van der Waals surface area contributed by atoms with Gasteiger partial charge in [-0.25, -0.2) is 4.79 Å². The summed E-state index contributed by atoms with van der Waals surface area (Å²) in [6.45, 7) is 0. The van der Waals surface area contributed by atoms with Crippen molar-refractivity contribution >= 4 is 28.6 Å². The number of carbonyl (C=O) groups is 3. The van der Waals surface area contributed by atoms with Crippen LogP contribution in [0.15, 0.2) is 66.7 Å². The normalized spacial score (nSPS) is 15.4. The third-order valence-electron chi connectivity index (χ3n) is 4.74. The van der Waals surface area contributed by atoms with E-state index >= 15 is 0 Å². The first-order chi connectivity index (χ1) is 13.6. The largest absolute Gasteiger partial charge is 0.448 e. The van der Waals surface area contributed by atoms with Crippen LogP contribution in [0, 0.1) is 0 Å². The van der Waals surface area contributed by atoms with E-state index in [9.17, 15) is 14.4 Å². The number of rotatable bonds is 3. The standard InChI is InChI=1S/C22H18N2O4/c25-20(13-16-9-5-8-14-6-1-3-10-17(14)16)23-24-21(26)19-12-15-7-2-4-11-18(15)22(27)28-19/h1-11,19H,12-13H2,(H,23,25)(H,24,26). The molecule has 2 N–H and O–H groups in total. The predicted octanol–water partition coefficient (Wildman–Crippen LogP) is 2.31. The van der Waals surface area contributed by atoms with Crippen molar-refractivity contribution in [2.75, 3.05) is 0 Å². The van der Waals surface area contributed by atoms with Gasteiger partial charge in [-0.1, -0.05) is 60.7 Å². The Morgan fingerprint density at radius 1 is 0.929 bits per heavy atom. The number of cyclic esters (lactones) is 1. The Balaban J connectivity index is 1.37. The van der Waals surface area contributed by atoms with Crippen LogP contribution in [0.1, 0.15) is 21.5 Å². The van der Waals surface area contributed by atoms with Gasteiger partial charge >= 0.3 is 5.97 Å². The topological polar surface area (TPSA) is 84.5 Å². The molecule has 1 heterocycles. The fourth-order valence-electron chi connectivity index (χ4n) is 3.35. The maximum atomic E-state index is 12.3. The van der Waals surface area contributed by atoms with Crippen molar-refractivity contribution in [3.63, 3.8) is 0 Å². The van der Waals surface area contributed by atoms with Gasteiger partial charge in [-0.3, -0.25) is 20.4 Å². The number of ether oxygens (including phenoxy) is 1. The number of amides is 2. The van der Waals surface area contributed by atoms with Crippen LogP contribution < -0.4 is 10.9 Å². The highest BCUT2D eigenvalue weighted by molar-refractivity contribution is 5.96. The van der Waals surface area contributed by atoms with Crippen molar-refractivity contribution < 1.29 is 19.1 Å². The van der Waals surface area contributed by atoms with Crippen molar-refractivity contribution in [1.29, 1.82) is 0 Å². The van der Waals surface area contributed by atoms with E-state index in [1.807, 2.05) is 42.5 Å². The smallest absolute Gasteiger partial charge is 0.339 e. The number of esters is 1. The molecule has 0 spiro atoms. The second-order valence-electron chi connectivity index (χ2n) is 6.61. The average Bonchev–Trinajstić information content (AvgIpc) is 2.72. The minimum atomic E-state index is -0.972. The van der Waals surface area contributed by atoms with Crippen molar-refractivity contribution in [2.45, 2.75) is 18.9 Å². The number of carbonyl (C=O) groups excluding carboxylic acids is 3. The first kappa shape index (κ1) is 17.7. The Morgan fingerprint density at radius 3 is 2.57 bits per heavy atom. The Kier molecular flexibility index (Phi) is 4.76. The van der Waals surface area contributed by atoms with Crippen LogP contribution >= 0.6 is 0 Å². The van der Waals surface area contributed by atoms with E-state index in [1.165, 1.54) is 0 Å². The van der Waals surface area contributed by atoms with Crippen LogP contribution in [0.25, 0.3) is 10.8 Å². The summed E-state index contributed by atoms with van der Waals surface area (Å²) >= 11 is 0. The first-order valence-corrected chi connectivity index (χ1v) is 8.96. The maximum Gasteiger partial charge on any atom is 0.339 e. The van der Waals surface area contributed by atoms with Crippen LogP contribution in [0.3, 0.4) is 0 Å². The molecule has 0 fully saturated rings. The van der Waals surface area contributed by atoms with E-state index in [0.29, 0.717) is 5.56 Å². The number of benzene rings is 3. The lowest BCUT2D eigenvalue weighted by molar-refractivity contribution is -0.134. The Hall–Kier alpha value is -3.67. The summed E-state index contributed by atoms with van der Waals surface area (Å²) in [7, 11) is 0. The monoisotopic (exact) mass is 374 g/mol. The molecular weight excluding hydrogens is 356 g/mol. The van der Waals surface area contributed by atoms with Gasteiger partial charge in [-0.2, -0.15) is 0 Å². The number of hydrogen-bond acceptors (Lipinski definition) is 4. The van der Waals surface area contributed by atoms with E-state index in [-0.39, 0.29) is 18.7 Å². The SMILES string of the molecule is O=C(Cc1cccc2ccccc12)NNC(=O)C1Cc2ccccc2C(=O)O1. The van der Waals surface area contributed by atoms with Gasteiger partial charge in [0, 0.05) is 6.42 Å². The molecule has 140 valence electrons. The number of hydrogen-bond donors (Lipinski definition) is 2. The lowest BCUT2D eigenvalue weighted by Gasteiger charge is -2.23. The molecule has 0 saturated carbocycles. The van der Waals surface area contributed by atoms with Crippen LogP contribution in [0.4, 0.5) is 0 Å². The molecule has 0 radical (unpaired) electrons. The van der Waals surface area contributed by atoms with Gasteiger partial charge in [0.1, 0.15) is 0 Å². The van der Waals surface area contributed by atoms with Crippen LogP contribution in [-0.2, 0) is 27.2 Å². The molecule has 6 nitrogen and oxygen atoms in total. The Labute approximate surface area is 161 Å². The molecule has 3 aromatic rings. The molecule has 0 saturated heterocycles. The minimum absolute atomic E-state index is 0.120. The summed E-state index contributed by atoms with van der Waals surface area (Å²) in [5.74, 6) is -1.45. The molecule has 28 heavy (non-hydrogen) atoms. The zero-order chi connectivity index (χ0) is 19.5. The highest BCUT2D eigenvalue weighted by Gasteiger charge is 2.31. The van der Waals surface area contributed by atoms with Crippen molar-refractivity contribution in [3.8, 4) is 0 Å². The van der Waals surface area contributed by atoms with Gasteiger partial charge in [0.25, 0.3) is 5.91 Å². The van der Waals surface area contributed by atoms with E-state index in [4.69, 9.17) is 4.74 Å². The van der Waals surface area contributed by atoms with Crippen molar-refractivity contribution in [1.82, 2.24) is 10.9 Å². The molecule has 6 heteroatoms. The van der Waals surface area contributed by atoms with Gasteiger partial charge < -0.3 is 4.74 Å². The first-order valence-electron chi connectivity index (χ1n) is 8.96.